The Balaban J connectivity index is 2.09. The van der Waals surface area contributed by atoms with Crippen molar-refractivity contribution in [1.29, 1.82) is 0 Å². The second kappa shape index (κ2) is 9.23. The Morgan fingerprint density at radius 3 is 2.54 bits per heavy atom. The first kappa shape index (κ1) is 19.8. The summed E-state index contributed by atoms with van der Waals surface area (Å²) in [5, 5.41) is 0. The standard InChI is InChI=1S/C21H25BNO3/c1-4-23(20(25)26-14-17-9-6-5-7-10-17)15-21(2,16-24)18-11-8-12-19(13-18)22-3/h5-13,16H,4,14-15H2,1-3H3. The predicted molar refractivity (Wildman–Crippen MR) is 105 cm³/mol. The summed E-state index contributed by atoms with van der Waals surface area (Å²) in [6, 6.07) is 17.4. The van der Waals surface area contributed by atoms with Gasteiger partial charge in [0, 0.05) is 13.1 Å². The molecule has 2 aromatic carbocycles. The van der Waals surface area contributed by atoms with E-state index in [1.54, 1.807) is 4.90 Å². The zero-order chi connectivity index (χ0) is 19.0. The summed E-state index contributed by atoms with van der Waals surface area (Å²) in [6.45, 7) is 6.64. The number of amides is 1. The number of carbonyl (C=O) groups excluding carboxylic acids is 2. The zero-order valence-electron chi connectivity index (χ0n) is 15.6. The molecule has 5 heteroatoms. The molecule has 0 heterocycles. The molecule has 0 fully saturated rings. The van der Waals surface area contributed by atoms with E-state index in [0.29, 0.717) is 6.54 Å². The molecule has 0 aliphatic carbocycles. The molecule has 135 valence electrons. The number of likely N-dealkylation sites (N-methyl/N-ethyl adjacent to an activating group) is 1. The predicted octanol–water partition coefficient (Wildman–Crippen LogP) is 3.18. The second-order valence-corrected chi connectivity index (χ2v) is 6.50. The van der Waals surface area contributed by atoms with Gasteiger partial charge in [0.05, 0.1) is 5.41 Å². The van der Waals surface area contributed by atoms with Crippen LogP contribution < -0.4 is 5.46 Å². The third-order valence-corrected chi connectivity index (χ3v) is 4.50. The number of nitrogens with zero attached hydrogens (tertiary/aromatic N) is 1. The fourth-order valence-corrected chi connectivity index (χ4v) is 2.78. The van der Waals surface area contributed by atoms with E-state index in [1.165, 1.54) is 0 Å². The summed E-state index contributed by atoms with van der Waals surface area (Å²) in [4.78, 5) is 25.9. The van der Waals surface area contributed by atoms with Gasteiger partial charge in [0.25, 0.3) is 0 Å². The molecule has 2 aromatic rings. The van der Waals surface area contributed by atoms with E-state index < -0.39 is 11.5 Å². The van der Waals surface area contributed by atoms with Crippen molar-refractivity contribution in [2.24, 2.45) is 0 Å². The molecule has 26 heavy (non-hydrogen) atoms. The van der Waals surface area contributed by atoms with Gasteiger partial charge in [0.2, 0.25) is 0 Å². The number of ether oxygens (including phenoxy) is 1. The van der Waals surface area contributed by atoms with Crippen LogP contribution in [0.4, 0.5) is 4.79 Å². The molecule has 1 atom stereocenters. The molecule has 0 aliphatic heterocycles. The van der Waals surface area contributed by atoms with Gasteiger partial charge in [-0.3, -0.25) is 0 Å². The first-order valence-corrected chi connectivity index (χ1v) is 8.84. The van der Waals surface area contributed by atoms with Gasteiger partial charge in [-0.2, -0.15) is 0 Å². The molecule has 0 aliphatic rings. The highest BCUT2D eigenvalue weighted by Crippen LogP contribution is 2.22. The smallest absolute Gasteiger partial charge is 0.410 e. The molecule has 2 rings (SSSR count). The quantitative estimate of drug-likeness (QED) is 0.543. The van der Waals surface area contributed by atoms with E-state index in [-0.39, 0.29) is 13.2 Å². The molecule has 0 saturated carbocycles. The average molecular weight is 350 g/mol. The van der Waals surface area contributed by atoms with Crippen molar-refractivity contribution in [1.82, 2.24) is 4.90 Å². The Hall–Kier alpha value is -2.56. The lowest BCUT2D eigenvalue weighted by Crippen LogP contribution is -2.43. The van der Waals surface area contributed by atoms with Crippen LogP contribution in [0, 0.1) is 0 Å². The lowest BCUT2D eigenvalue weighted by molar-refractivity contribution is -0.112. The highest BCUT2D eigenvalue weighted by molar-refractivity contribution is 6.51. The summed E-state index contributed by atoms with van der Waals surface area (Å²) in [5.41, 5.74) is 2.07. The third-order valence-electron chi connectivity index (χ3n) is 4.50. The molecular formula is C21H25BNO3. The zero-order valence-corrected chi connectivity index (χ0v) is 15.6. The Morgan fingerprint density at radius 2 is 1.92 bits per heavy atom. The SMILES string of the molecule is C[B]c1cccc(C(C)(C=O)CN(CC)C(=O)OCc2ccccc2)c1. The van der Waals surface area contributed by atoms with Crippen molar-refractivity contribution < 1.29 is 14.3 Å². The Kier molecular flexibility index (Phi) is 7.02. The van der Waals surface area contributed by atoms with Crippen LogP contribution in [0.5, 0.6) is 0 Å². The summed E-state index contributed by atoms with van der Waals surface area (Å²) >= 11 is 0. The molecule has 0 saturated heterocycles. The van der Waals surface area contributed by atoms with Crippen molar-refractivity contribution in [3.8, 4) is 0 Å². The Bertz CT molecular complexity index is 735. The number of hydrogen-bond acceptors (Lipinski definition) is 3. The molecule has 1 amide bonds. The second-order valence-electron chi connectivity index (χ2n) is 6.50. The maximum atomic E-state index is 12.5. The number of benzene rings is 2. The van der Waals surface area contributed by atoms with E-state index in [9.17, 15) is 9.59 Å². The van der Waals surface area contributed by atoms with Gasteiger partial charge < -0.3 is 14.4 Å². The number of rotatable bonds is 8. The van der Waals surface area contributed by atoms with Crippen LogP contribution in [0.15, 0.2) is 54.6 Å². The van der Waals surface area contributed by atoms with Crippen LogP contribution in [0.3, 0.4) is 0 Å². The minimum atomic E-state index is -0.791. The lowest BCUT2D eigenvalue weighted by Gasteiger charge is -2.31. The molecule has 1 radical (unpaired) electrons. The summed E-state index contributed by atoms with van der Waals surface area (Å²) in [6.07, 6.45) is 0.497. The fraction of sp³-hybridized carbons (Fsp3) is 0.333. The Morgan fingerprint density at radius 1 is 1.19 bits per heavy atom. The van der Waals surface area contributed by atoms with Crippen molar-refractivity contribution in [3.05, 3.63) is 65.7 Å². The molecule has 1 unspecified atom stereocenters. The van der Waals surface area contributed by atoms with E-state index in [0.717, 1.165) is 22.9 Å². The van der Waals surface area contributed by atoms with Crippen molar-refractivity contribution >= 4 is 25.1 Å². The van der Waals surface area contributed by atoms with E-state index in [1.807, 2.05) is 82.5 Å². The van der Waals surface area contributed by atoms with Crippen LogP contribution in [0.25, 0.3) is 0 Å². The maximum absolute atomic E-state index is 12.5. The molecular weight excluding hydrogens is 325 g/mol. The monoisotopic (exact) mass is 350 g/mol. The topological polar surface area (TPSA) is 46.6 Å². The van der Waals surface area contributed by atoms with Gasteiger partial charge >= 0.3 is 6.09 Å². The minimum Gasteiger partial charge on any atom is -0.445 e. The van der Waals surface area contributed by atoms with Gasteiger partial charge in [-0.25, -0.2) is 4.79 Å². The summed E-state index contributed by atoms with van der Waals surface area (Å²) in [7, 11) is 1.99. The highest BCUT2D eigenvalue weighted by atomic mass is 16.6. The van der Waals surface area contributed by atoms with Gasteiger partial charge in [0.15, 0.2) is 0 Å². The van der Waals surface area contributed by atoms with Crippen LogP contribution in [0.1, 0.15) is 25.0 Å². The van der Waals surface area contributed by atoms with Crippen molar-refractivity contribution in [2.75, 3.05) is 13.1 Å². The largest absolute Gasteiger partial charge is 0.445 e. The molecule has 0 aromatic heterocycles. The van der Waals surface area contributed by atoms with Crippen molar-refractivity contribution in [2.45, 2.75) is 32.7 Å². The van der Waals surface area contributed by atoms with Gasteiger partial charge in [-0.05, 0) is 25.0 Å². The van der Waals surface area contributed by atoms with E-state index in [2.05, 4.69) is 0 Å². The van der Waals surface area contributed by atoms with E-state index in [4.69, 9.17) is 4.74 Å². The third kappa shape index (κ3) is 4.98. The van der Waals surface area contributed by atoms with Crippen LogP contribution in [-0.2, 0) is 21.6 Å². The molecule has 0 spiro atoms. The van der Waals surface area contributed by atoms with Gasteiger partial charge in [-0.15, -0.1) is 0 Å². The molecule has 4 nitrogen and oxygen atoms in total. The summed E-state index contributed by atoms with van der Waals surface area (Å²) in [5.74, 6) is 0. The number of hydrogen-bond donors (Lipinski definition) is 0. The van der Waals surface area contributed by atoms with Crippen LogP contribution in [0.2, 0.25) is 6.82 Å². The highest BCUT2D eigenvalue weighted by Gasteiger charge is 2.31. The van der Waals surface area contributed by atoms with Crippen LogP contribution >= 0.6 is 0 Å². The molecule has 0 N–H and O–H groups in total. The average Bonchev–Trinajstić information content (AvgIpc) is 2.70. The molecule has 0 bridgehead atoms. The normalized spacial score (nSPS) is 12.7. The maximum Gasteiger partial charge on any atom is 0.410 e. The van der Waals surface area contributed by atoms with Crippen LogP contribution in [-0.4, -0.2) is 37.6 Å². The lowest BCUT2D eigenvalue weighted by atomic mass is 9.71. The summed E-state index contributed by atoms with van der Waals surface area (Å²) < 4.78 is 5.42. The number of aldehydes is 1. The van der Waals surface area contributed by atoms with Gasteiger partial charge in [0.1, 0.15) is 20.2 Å². The fourth-order valence-electron chi connectivity index (χ4n) is 2.78. The van der Waals surface area contributed by atoms with Crippen molar-refractivity contribution in [3.63, 3.8) is 0 Å². The number of carbonyl (C=O) groups is 2. The first-order valence-electron chi connectivity index (χ1n) is 8.84. The Labute approximate surface area is 156 Å². The van der Waals surface area contributed by atoms with E-state index >= 15 is 0 Å². The van der Waals surface area contributed by atoms with Gasteiger partial charge in [-0.1, -0.05) is 66.9 Å². The first-order chi connectivity index (χ1) is 12.5. The minimum absolute atomic E-state index is 0.217.